The highest BCUT2D eigenvalue weighted by Crippen LogP contribution is 2.49. The summed E-state index contributed by atoms with van der Waals surface area (Å²) in [5.41, 5.74) is 10.4. The van der Waals surface area contributed by atoms with Gasteiger partial charge in [-0.25, -0.2) is 0 Å². The molecule has 270 valence electrons. The number of aryl methyl sites for hydroxylation is 2. The minimum Gasteiger partial charge on any atom is -0.0614 e. The molecule has 0 unspecified atom stereocenters. The molecule has 0 heteroatoms. The predicted molar refractivity (Wildman–Crippen MR) is 247 cm³/mol. The van der Waals surface area contributed by atoms with Crippen molar-refractivity contribution in [1.82, 2.24) is 0 Å². The summed E-state index contributed by atoms with van der Waals surface area (Å²) in [6.07, 6.45) is 0. The molecule has 0 aliphatic rings. The lowest BCUT2D eigenvalue weighted by Crippen LogP contribution is -2.10. The Labute approximate surface area is 329 Å². The Morgan fingerprint density at radius 3 is 0.929 bits per heavy atom. The van der Waals surface area contributed by atoms with Gasteiger partial charge in [0.05, 0.1) is 0 Å². The van der Waals surface area contributed by atoms with Crippen molar-refractivity contribution < 1.29 is 0 Å². The molecule has 0 saturated carbocycles. The molecule has 0 atom stereocenters. The van der Waals surface area contributed by atoms with E-state index in [9.17, 15) is 0 Å². The van der Waals surface area contributed by atoms with Crippen LogP contribution < -0.4 is 0 Å². The normalized spacial score (nSPS) is 13.0. The fourth-order valence-corrected chi connectivity index (χ4v) is 9.87. The first-order valence-corrected chi connectivity index (χ1v) is 20.2. The zero-order valence-corrected chi connectivity index (χ0v) is 33.7. The molecule has 0 aliphatic carbocycles. The van der Waals surface area contributed by atoms with Gasteiger partial charge in [0.1, 0.15) is 0 Å². The van der Waals surface area contributed by atoms with E-state index < -0.39 is 0 Å². The van der Waals surface area contributed by atoms with Gasteiger partial charge in [0.2, 0.25) is 0 Å². The summed E-state index contributed by atoms with van der Waals surface area (Å²) < 4.78 is 0. The van der Waals surface area contributed by atoms with Crippen LogP contribution >= 0.6 is 0 Å². The van der Waals surface area contributed by atoms with Crippen LogP contribution in [0, 0.1) is 13.8 Å². The second kappa shape index (κ2) is 11.3. The molecule has 0 nitrogen and oxygen atoms in total. The maximum absolute atomic E-state index is 2.53. The summed E-state index contributed by atoms with van der Waals surface area (Å²) in [5.74, 6) is 0. The minimum atomic E-state index is 0.00363. The van der Waals surface area contributed by atoms with E-state index in [-0.39, 0.29) is 10.8 Å². The fraction of sp³-hybridized carbons (Fsp3) is 0.179. The van der Waals surface area contributed by atoms with Gasteiger partial charge in [-0.15, -0.1) is 0 Å². The molecular formula is C56H46. The number of rotatable bonds is 2. The van der Waals surface area contributed by atoms with Crippen molar-refractivity contribution in [2.45, 2.75) is 66.2 Å². The van der Waals surface area contributed by atoms with Gasteiger partial charge in [0.15, 0.2) is 0 Å². The maximum Gasteiger partial charge on any atom is -0.00197 e. The van der Waals surface area contributed by atoms with Crippen molar-refractivity contribution in [1.29, 1.82) is 0 Å². The van der Waals surface area contributed by atoms with E-state index >= 15 is 0 Å². The molecule has 0 N–H and O–H groups in total. The van der Waals surface area contributed by atoms with Crippen LogP contribution in [0.1, 0.15) is 63.8 Å². The molecule has 0 amide bonds. The van der Waals surface area contributed by atoms with E-state index in [0.29, 0.717) is 0 Å². The molecule has 0 heterocycles. The van der Waals surface area contributed by atoms with Crippen LogP contribution in [0.4, 0.5) is 0 Å². The second-order valence-corrected chi connectivity index (χ2v) is 18.8. The third-order valence-corrected chi connectivity index (χ3v) is 12.9. The predicted octanol–water partition coefficient (Wildman–Crippen LogP) is 16.3. The van der Waals surface area contributed by atoms with Gasteiger partial charge in [-0.2, -0.15) is 0 Å². The minimum absolute atomic E-state index is 0.00363. The second-order valence-electron chi connectivity index (χ2n) is 18.8. The zero-order valence-electron chi connectivity index (χ0n) is 33.7. The van der Waals surface area contributed by atoms with Crippen LogP contribution in [0.15, 0.2) is 133 Å². The lowest BCUT2D eigenvalue weighted by Gasteiger charge is -2.21. The Kier molecular flexibility index (Phi) is 6.73. The third kappa shape index (κ3) is 4.78. The number of benzene rings is 9. The first-order valence-electron chi connectivity index (χ1n) is 20.2. The SMILES string of the molecule is Cc1cccc(-c2ccc3c(c2)c2cc(C(C)(C)C)cc4c5ccc6c(cc7c8ccc(-c9cccc(C)c9)cc8c8cc(C(C)(C)C)cc6c87)c5cc3c42)c1. The van der Waals surface area contributed by atoms with Crippen LogP contribution in [0.2, 0.25) is 0 Å². The van der Waals surface area contributed by atoms with E-state index in [0.717, 1.165) is 0 Å². The van der Waals surface area contributed by atoms with Gasteiger partial charge < -0.3 is 0 Å². The molecule has 0 radical (unpaired) electrons. The van der Waals surface area contributed by atoms with E-state index in [4.69, 9.17) is 0 Å². The molecule has 0 bridgehead atoms. The van der Waals surface area contributed by atoms with E-state index in [1.807, 2.05) is 0 Å². The monoisotopic (exact) mass is 718 g/mol. The highest BCUT2D eigenvalue weighted by atomic mass is 14.3. The average Bonchev–Trinajstić information content (AvgIpc) is 3.66. The van der Waals surface area contributed by atoms with Gasteiger partial charge in [-0.1, -0.05) is 138 Å². The Morgan fingerprint density at radius 1 is 0.268 bits per heavy atom. The Morgan fingerprint density at radius 2 is 0.571 bits per heavy atom. The largest absolute Gasteiger partial charge is 0.0614 e. The Bertz CT molecular complexity index is 3200. The summed E-state index contributed by atoms with van der Waals surface area (Å²) in [7, 11) is 0. The van der Waals surface area contributed by atoms with Gasteiger partial charge >= 0.3 is 0 Å². The van der Waals surface area contributed by atoms with Gasteiger partial charge in [-0.05, 0) is 193 Å². The van der Waals surface area contributed by atoms with Crippen LogP contribution in [0.25, 0.3) is 108 Å². The maximum atomic E-state index is 2.53. The molecule has 0 aliphatic heterocycles. The average molecular weight is 719 g/mol. The third-order valence-electron chi connectivity index (χ3n) is 12.9. The van der Waals surface area contributed by atoms with E-state index in [2.05, 4.69) is 189 Å². The summed E-state index contributed by atoms with van der Waals surface area (Å²) in [6.45, 7) is 18.5. The van der Waals surface area contributed by atoms with Crippen molar-refractivity contribution in [3.8, 4) is 22.3 Å². The molecule has 11 aromatic rings. The van der Waals surface area contributed by atoms with Crippen LogP contribution in [0.5, 0.6) is 0 Å². The molecule has 11 rings (SSSR count). The van der Waals surface area contributed by atoms with E-state index in [1.165, 1.54) is 131 Å². The lowest BCUT2D eigenvalue weighted by atomic mass is 9.83. The van der Waals surface area contributed by atoms with Gasteiger partial charge in [-0.3, -0.25) is 0 Å². The van der Waals surface area contributed by atoms with Crippen LogP contribution in [0.3, 0.4) is 0 Å². The molecule has 0 spiro atoms. The highest BCUT2D eigenvalue weighted by Gasteiger charge is 2.24. The lowest BCUT2D eigenvalue weighted by molar-refractivity contribution is 0.591. The molecule has 11 aromatic carbocycles. The fourth-order valence-electron chi connectivity index (χ4n) is 9.87. The van der Waals surface area contributed by atoms with Crippen molar-refractivity contribution in [3.05, 3.63) is 156 Å². The van der Waals surface area contributed by atoms with Crippen molar-refractivity contribution in [2.24, 2.45) is 0 Å². The van der Waals surface area contributed by atoms with Gasteiger partial charge in [0, 0.05) is 0 Å². The van der Waals surface area contributed by atoms with Crippen molar-refractivity contribution in [2.75, 3.05) is 0 Å². The summed E-state index contributed by atoms with van der Waals surface area (Å²) >= 11 is 0. The Balaban J connectivity index is 1.28. The van der Waals surface area contributed by atoms with Crippen LogP contribution in [-0.4, -0.2) is 0 Å². The summed E-state index contributed by atoms with van der Waals surface area (Å²) in [6, 6.07) is 52.0. The first kappa shape index (κ1) is 33.4. The molecule has 0 fully saturated rings. The zero-order chi connectivity index (χ0) is 38.4. The Hall–Kier alpha value is -5.98. The number of hydrogen-bond donors (Lipinski definition) is 0. The summed E-state index contributed by atoms with van der Waals surface area (Å²) in [4.78, 5) is 0. The van der Waals surface area contributed by atoms with Gasteiger partial charge in [0.25, 0.3) is 0 Å². The van der Waals surface area contributed by atoms with Crippen molar-refractivity contribution in [3.63, 3.8) is 0 Å². The smallest absolute Gasteiger partial charge is 0.00197 e. The highest BCUT2D eigenvalue weighted by molar-refractivity contribution is 6.40. The van der Waals surface area contributed by atoms with E-state index in [1.54, 1.807) is 0 Å². The molecular weight excluding hydrogens is 673 g/mol. The number of fused-ring (bicyclic) bond motifs is 11. The quantitative estimate of drug-likeness (QED) is 0.156. The standard InChI is InChI=1S/C56H46/c1-31-11-9-13-33(21-31)35-15-17-39-43(23-35)49-27-37(55(3,4)5)25-47-41-19-20-42-46(45(41)29-51(39)53(47)49)30-52-40-18-16-36(34-14-10-12-32(2)22-34)24-44(40)50-28-38(56(6,7)8)26-48(42)54(50)52/h9-30H,1-8H3. The summed E-state index contributed by atoms with van der Waals surface area (Å²) in [5, 5.41) is 21.6. The molecule has 0 aromatic heterocycles. The molecule has 0 saturated heterocycles. The molecule has 56 heavy (non-hydrogen) atoms. The topological polar surface area (TPSA) is 0 Å². The first-order chi connectivity index (χ1) is 26.8. The van der Waals surface area contributed by atoms with Crippen LogP contribution in [-0.2, 0) is 10.8 Å². The number of hydrogen-bond acceptors (Lipinski definition) is 0. The van der Waals surface area contributed by atoms with Crippen molar-refractivity contribution >= 4 is 86.2 Å².